The van der Waals surface area contributed by atoms with Crippen molar-refractivity contribution in [2.24, 2.45) is 0 Å². The van der Waals surface area contributed by atoms with Gasteiger partial charge in [-0.3, -0.25) is 14.6 Å². The molecule has 8 nitrogen and oxygen atoms in total. The Hall–Kier alpha value is -3.34. The van der Waals surface area contributed by atoms with Crippen LogP contribution >= 0.6 is 0 Å². The molecule has 0 radical (unpaired) electrons. The monoisotopic (exact) mass is 381 g/mol. The number of carbonyl (C=O) groups excluding carboxylic acids is 1. The number of carbonyl (C=O) groups is 1. The molecule has 1 fully saturated rings. The first-order chi connectivity index (χ1) is 13.6. The van der Waals surface area contributed by atoms with Crippen molar-refractivity contribution in [2.45, 2.75) is 25.7 Å². The van der Waals surface area contributed by atoms with Crippen LogP contribution in [0.1, 0.15) is 31.2 Å². The molecule has 2 N–H and O–H groups in total. The minimum atomic E-state index is -0.438. The van der Waals surface area contributed by atoms with E-state index in [1.807, 2.05) is 6.07 Å². The zero-order valence-corrected chi connectivity index (χ0v) is 15.8. The van der Waals surface area contributed by atoms with Gasteiger partial charge in [0.1, 0.15) is 17.4 Å². The Bertz CT molecular complexity index is 922. The van der Waals surface area contributed by atoms with Crippen LogP contribution in [0.3, 0.4) is 0 Å². The summed E-state index contributed by atoms with van der Waals surface area (Å²) in [6, 6.07) is 8.80. The van der Waals surface area contributed by atoms with E-state index in [0.717, 1.165) is 25.9 Å². The molecule has 0 bridgehead atoms. The van der Waals surface area contributed by atoms with E-state index >= 15 is 0 Å². The molecule has 1 aromatic carbocycles. The van der Waals surface area contributed by atoms with Crippen LogP contribution in [-0.4, -0.2) is 42.6 Å². The lowest BCUT2D eigenvalue weighted by Crippen LogP contribution is -2.29. The fraction of sp³-hybridized carbons (Fsp3) is 0.400. The van der Waals surface area contributed by atoms with Gasteiger partial charge in [-0.1, -0.05) is 12.8 Å². The van der Waals surface area contributed by atoms with Gasteiger partial charge in [0.2, 0.25) is 5.95 Å². The molecule has 0 spiro atoms. The number of likely N-dealkylation sites (N-methyl/N-ethyl adjacent to an activating group) is 1. The average molecular weight is 381 g/mol. The molecule has 0 aliphatic carbocycles. The summed E-state index contributed by atoms with van der Waals surface area (Å²) in [5, 5.41) is 11.9. The smallest absolute Gasteiger partial charge is 0.270 e. The van der Waals surface area contributed by atoms with Gasteiger partial charge in [-0.25, -0.2) is 4.98 Å². The van der Waals surface area contributed by atoms with Gasteiger partial charge in [0.15, 0.2) is 6.61 Å². The number of nitrogens with zero attached hydrogens (tertiary/aromatic N) is 3. The van der Waals surface area contributed by atoms with Gasteiger partial charge in [0.05, 0.1) is 5.69 Å². The van der Waals surface area contributed by atoms with E-state index in [1.165, 1.54) is 12.8 Å². The van der Waals surface area contributed by atoms with Crippen LogP contribution in [0.2, 0.25) is 0 Å². The largest absolute Gasteiger partial charge is 0.484 e. The van der Waals surface area contributed by atoms with Crippen molar-refractivity contribution >= 4 is 11.9 Å². The van der Waals surface area contributed by atoms with Crippen molar-refractivity contribution in [1.82, 2.24) is 15.3 Å². The van der Waals surface area contributed by atoms with Crippen LogP contribution in [0.4, 0.5) is 5.95 Å². The average Bonchev–Trinajstić information content (AvgIpc) is 3.01. The number of hydrogen-bond acceptors (Lipinski definition) is 6. The Kier molecular flexibility index (Phi) is 6.27. The molecule has 1 saturated heterocycles. The molecule has 3 rings (SSSR count). The SMILES string of the molecule is CNC(=O)COc1ccc(-c2nc(N3CCCCCC3)[nH]c(=O)c2C#N)cc1. The maximum Gasteiger partial charge on any atom is 0.270 e. The molecular weight excluding hydrogens is 358 g/mol. The number of aromatic nitrogens is 2. The molecule has 146 valence electrons. The second-order valence-corrected chi connectivity index (χ2v) is 6.61. The first-order valence-corrected chi connectivity index (χ1v) is 9.35. The van der Waals surface area contributed by atoms with E-state index in [9.17, 15) is 14.9 Å². The van der Waals surface area contributed by atoms with Crippen molar-refractivity contribution in [3.63, 3.8) is 0 Å². The summed E-state index contributed by atoms with van der Waals surface area (Å²) >= 11 is 0. The second-order valence-electron chi connectivity index (χ2n) is 6.61. The summed E-state index contributed by atoms with van der Waals surface area (Å²) in [6.07, 6.45) is 4.44. The lowest BCUT2D eigenvalue weighted by molar-refractivity contribution is -0.122. The summed E-state index contributed by atoms with van der Waals surface area (Å²) < 4.78 is 5.39. The predicted molar refractivity (Wildman–Crippen MR) is 105 cm³/mol. The molecule has 0 atom stereocenters. The number of amides is 1. The summed E-state index contributed by atoms with van der Waals surface area (Å²) in [4.78, 5) is 33.2. The van der Waals surface area contributed by atoms with E-state index in [1.54, 1.807) is 31.3 Å². The number of aromatic amines is 1. The van der Waals surface area contributed by atoms with Crippen LogP contribution in [0.5, 0.6) is 5.75 Å². The molecule has 1 aliphatic heterocycles. The molecule has 8 heteroatoms. The summed E-state index contributed by atoms with van der Waals surface area (Å²) in [6.45, 7) is 1.59. The third kappa shape index (κ3) is 4.49. The third-order valence-electron chi connectivity index (χ3n) is 4.70. The van der Waals surface area contributed by atoms with E-state index in [2.05, 4.69) is 20.2 Å². The Labute approximate surface area is 163 Å². The number of hydrogen-bond donors (Lipinski definition) is 2. The molecule has 1 aromatic heterocycles. The predicted octanol–water partition coefficient (Wildman–Crippen LogP) is 1.81. The van der Waals surface area contributed by atoms with Gasteiger partial charge >= 0.3 is 0 Å². The van der Waals surface area contributed by atoms with Gasteiger partial charge in [0.25, 0.3) is 11.5 Å². The molecule has 0 unspecified atom stereocenters. The molecule has 1 amide bonds. The van der Waals surface area contributed by atoms with Crippen molar-refractivity contribution in [2.75, 3.05) is 31.6 Å². The number of nitriles is 1. The van der Waals surface area contributed by atoms with E-state index in [4.69, 9.17) is 4.74 Å². The number of ether oxygens (including phenoxy) is 1. The van der Waals surface area contributed by atoms with Gasteiger partial charge in [0, 0.05) is 25.7 Å². The standard InChI is InChI=1S/C20H23N5O3/c1-22-17(26)13-28-15-8-6-14(7-9-15)18-16(12-21)19(27)24-20(23-18)25-10-4-2-3-5-11-25/h6-9H,2-5,10-11,13H2,1H3,(H,22,26)(H,23,24,27). The number of H-pyrrole nitrogens is 1. The highest BCUT2D eigenvalue weighted by atomic mass is 16.5. The van der Waals surface area contributed by atoms with Gasteiger partial charge in [-0.15, -0.1) is 0 Å². The van der Waals surface area contributed by atoms with Crippen molar-refractivity contribution in [1.29, 1.82) is 5.26 Å². The quantitative estimate of drug-likeness (QED) is 0.817. The normalized spacial score (nSPS) is 14.1. The lowest BCUT2D eigenvalue weighted by Gasteiger charge is -2.21. The Balaban J connectivity index is 1.90. The van der Waals surface area contributed by atoms with E-state index in [-0.39, 0.29) is 18.1 Å². The zero-order chi connectivity index (χ0) is 19.9. The number of rotatable bonds is 5. The first-order valence-electron chi connectivity index (χ1n) is 9.35. The second kappa shape index (κ2) is 9.04. The number of nitrogens with one attached hydrogen (secondary N) is 2. The van der Waals surface area contributed by atoms with Gasteiger partial charge < -0.3 is 15.0 Å². The fourth-order valence-electron chi connectivity index (χ4n) is 3.14. The topological polar surface area (TPSA) is 111 Å². The first kappa shape index (κ1) is 19.4. The summed E-state index contributed by atoms with van der Waals surface area (Å²) in [7, 11) is 1.54. The molecule has 0 saturated carbocycles. The Morgan fingerprint density at radius 1 is 1.25 bits per heavy atom. The van der Waals surface area contributed by atoms with Gasteiger partial charge in [-0.05, 0) is 37.1 Å². The fourth-order valence-corrected chi connectivity index (χ4v) is 3.14. The maximum absolute atomic E-state index is 12.5. The molecule has 2 heterocycles. The van der Waals surface area contributed by atoms with Crippen molar-refractivity contribution in [3.8, 4) is 23.1 Å². The third-order valence-corrected chi connectivity index (χ3v) is 4.70. The minimum Gasteiger partial charge on any atom is -0.484 e. The summed E-state index contributed by atoms with van der Waals surface area (Å²) in [5.41, 5.74) is 0.540. The summed E-state index contributed by atoms with van der Waals surface area (Å²) in [5.74, 6) is 0.790. The maximum atomic E-state index is 12.5. The molecule has 2 aromatic rings. The van der Waals surface area contributed by atoms with E-state index < -0.39 is 5.56 Å². The molecule has 1 aliphatic rings. The Morgan fingerprint density at radius 3 is 2.54 bits per heavy atom. The lowest BCUT2D eigenvalue weighted by atomic mass is 10.1. The van der Waals surface area contributed by atoms with E-state index in [0.29, 0.717) is 23.0 Å². The van der Waals surface area contributed by atoms with Crippen LogP contribution in [0, 0.1) is 11.3 Å². The van der Waals surface area contributed by atoms with Crippen LogP contribution in [0.25, 0.3) is 11.3 Å². The Morgan fingerprint density at radius 2 is 1.93 bits per heavy atom. The highest BCUT2D eigenvalue weighted by Crippen LogP contribution is 2.24. The minimum absolute atomic E-state index is 0.0161. The zero-order valence-electron chi connectivity index (χ0n) is 15.8. The molecule has 28 heavy (non-hydrogen) atoms. The van der Waals surface area contributed by atoms with Crippen molar-refractivity contribution in [3.05, 3.63) is 40.2 Å². The van der Waals surface area contributed by atoms with Crippen LogP contribution < -0.4 is 20.5 Å². The van der Waals surface area contributed by atoms with Gasteiger partial charge in [-0.2, -0.15) is 5.26 Å². The number of benzene rings is 1. The highest BCUT2D eigenvalue weighted by molar-refractivity contribution is 5.77. The number of anilines is 1. The molecular formula is C20H23N5O3. The van der Waals surface area contributed by atoms with Crippen molar-refractivity contribution < 1.29 is 9.53 Å². The van der Waals surface area contributed by atoms with Crippen LogP contribution in [0.15, 0.2) is 29.1 Å². The highest BCUT2D eigenvalue weighted by Gasteiger charge is 2.18. The van der Waals surface area contributed by atoms with Crippen LogP contribution in [-0.2, 0) is 4.79 Å².